The number of methoxy groups -OCH3 is 3. The average Bonchev–Trinajstić information content (AvgIpc) is 2.87. The second-order valence-corrected chi connectivity index (χ2v) is 7.46. The Labute approximate surface area is 204 Å². The molecule has 2 N–H and O–H groups in total. The van der Waals surface area contributed by atoms with Crippen molar-refractivity contribution in [1.29, 1.82) is 5.26 Å². The van der Waals surface area contributed by atoms with E-state index in [2.05, 4.69) is 4.74 Å². The van der Waals surface area contributed by atoms with E-state index < -0.39 is 45.9 Å². The van der Waals surface area contributed by atoms with E-state index in [0.29, 0.717) is 5.56 Å². The van der Waals surface area contributed by atoms with E-state index in [1.165, 1.54) is 0 Å². The number of carbonyl (C=O) groups excluding carboxylic acids is 3. The third kappa shape index (κ3) is 4.29. The molecule has 2 aromatic carbocycles. The minimum absolute atomic E-state index is 0.121. The Balaban J connectivity index is 2.47. The van der Waals surface area contributed by atoms with Gasteiger partial charge in [0.15, 0.2) is 0 Å². The Kier molecular flexibility index (Phi) is 7.42. The van der Waals surface area contributed by atoms with Crippen LogP contribution in [0.2, 0.25) is 5.02 Å². The summed E-state index contributed by atoms with van der Waals surface area (Å²) in [5.74, 6) is -5.45. The number of carbonyl (C=O) groups is 3. The number of hydrogen-bond acceptors (Lipinski definition) is 9. The van der Waals surface area contributed by atoms with Crippen LogP contribution in [0.25, 0.3) is 0 Å². The number of ether oxygens (including phenoxy) is 3. The number of allylic oxidation sites excluding steroid dienone is 1. The van der Waals surface area contributed by atoms with E-state index in [-0.39, 0.29) is 22.7 Å². The van der Waals surface area contributed by atoms with Crippen LogP contribution in [0.4, 0.5) is 10.1 Å². The fourth-order valence-corrected chi connectivity index (χ4v) is 4.08. The fourth-order valence-electron chi connectivity index (χ4n) is 3.77. The first-order valence-corrected chi connectivity index (χ1v) is 10.3. The molecule has 180 valence electrons. The maximum atomic E-state index is 14.5. The van der Waals surface area contributed by atoms with E-state index in [9.17, 15) is 24.0 Å². The third-order valence-corrected chi connectivity index (χ3v) is 5.69. The summed E-state index contributed by atoms with van der Waals surface area (Å²) in [6, 6.07) is 12.4. The Hall–Kier alpha value is -4.36. The number of nitrogens with two attached hydrogens (primary N) is 1. The second-order valence-electron chi connectivity index (χ2n) is 7.08. The van der Waals surface area contributed by atoms with Crippen molar-refractivity contribution in [2.75, 3.05) is 26.2 Å². The molecular formula is C24H19ClFN3O6. The Bertz CT molecular complexity index is 1320. The van der Waals surface area contributed by atoms with Gasteiger partial charge in [0.2, 0.25) is 0 Å². The van der Waals surface area contributed by atoms with Gasteiger partial charge in [-0.25, -0.2) is 18.8 Å². The van der Waals surface area contributed by atoms with Gasteiger partial charge in [0.05, 0.1) is 55.2 Å². The van der Waals surface area contributed by atoms with Crippen LogP contribution in [0.15, 0.2) is 65.1 Å². The molecule has 1 atom stereocenters. The summed E-state index contributed by atoms with van der Waals surface area (Å²) < 4.78 is 28.9. The highest BCUT2D eigenvalue weighted by molar-refractivity contribution is 6.36. The summed E-state index contributed by atoms with van der Waals surface area (Å²) >= 11 is 6.37. The highest BCUT2D eigenvalue weighted by Crippen LogP contribution is 2.45. The van der Waals surface area contributed by atoms with E-state index in [1.54, 1.807) is 30.3 Å². The van der Waals surface area contributed by atoms with Crippen LogP contribution in [0.1, 0.15) is 21.8 Å². The molecule has 35 heavy (non-hydrogen) atoms. The monoisotopic (exact) mass is 499 g/mol. The highest BCUT2D eigenvalue weighted by atomic mass is 35.5. The molecule has 1 aliphatic rings. The van der Waals surface area contributed by atoms with Gasteiger partial charge >= 0.3 is 17.9 Å². The molecule has 1 aliphatic heterocycles. The van der Waals surface area contributed by atoms with Crippen molar-refractivity contribution in [2.24, 2.45) is 5.73 Å². The SMILES string of the molecule is COC(=O)C1=C(C(=O)OC)N(c2ccc(F)c(C(=O)OC)c2Cl)C(N)=C(C#N)C1c1ccccc1. The van der Waals surface area contributed by atoms with Crippen molar-refractivity contribution in [3.63, 3.8) is 0 Å². The summed E-state index contributed by atoms with van der Waals surface area (Å²) in [5.41, 5.74) is 5.22. The topological polar surface area (TPSA) is 132 Å². The quantitative estimate of drug-likeness (QED) is 0.486. The summed E-state index contributed by atoms with van der Waals surface area (Å²) in [6.07, 6.45) is 0. The van der Waals surface area contributed by atoms with Crippen LogP contribution < -0.4 is 10.6 Å². The van der Waals surface area contributed by atoms with Crippen LogP contribution in [0.3, 0.4) is 0 Å². The lowest BCUT2D eigenvalue weighted by atomic mass is 9.81. The number of benzene rings is 2. The van der Waals surface area contributed by atoms with Gasteiger partial charge in [-0.15, -0.1) is 0 Å². The van der Waals surface area contributed by atoms with Gasteiger partial charge in [0.25, 0.3) is 0 Å². The molecule has 2 aromatic rings. The predicted molar refractivity (Wildman–Crippen MR) is 122 cm³/mol. The fraction of sp³-hybridized carbons (Fsp3) is 0.167. The molecule has 0 radical (unpaired) electrons. The summed E-state index contributed by atoms with van der Waals surface area (Å²) in [5, 5.41) is 9.56. The second kappa shape index (κ2) is 10.3. The third-order valence-electron chi connectivity index (χ3n) is 5.31. The normalized spacial score (nSPS) is 15.4. The minimum Gasteiger partial charge on any atom is -0.466 e. The largest absolute Gasteiger partial charge is 0.466 e. The molecule has 0 saturated carbocycles. The minimum atomic E-state index is -1.10. The molecule has 0 fully saturated rings. The summed E-state index contributed by atoms with van der Waals surface area (Å²) in [7, 11) is 3.21. The molecule has 0 amide bonds. The van der Waals surface area contributed by atoms with Crippen LogP contribution >= 0.6 is 11.6 Å². The zero-order chi connectivity index (χ0) is 25.9. The van der Waals surface area contributed by atoms with Crippen LogP contribution in [0.5, 0.6) is 0 Å². The zero-order valence-corrected chi connectivity index (χ0v) is 19.6. The standard InChI is InChI=1S/C24H19ClFN3O6/c1-33-22(30)17-14(26)9-10-15(19(17)25)29-20(24(32)35-3)18(23(31)34-2)16(13(11-27)21(29)28)12-7-5-4-6-8-12/h4-10,16H,28H2,1-3H3. The van der Waals surface area contributed by atoms with Gasteiger partial charge in [-0.1, -0.05) is 41.9 Å². The molecule has 9 nitrogen and oxygen atoms in total. The molecule has 0 saturated heterocycles. The van der Waals surface area contributed by atoms with E-state index >= 15 is 0 Å². The number of nitriles is 1. The van der Waals surface area contributed by atoms with Crippen LogP contribution in [0, 0.1) is 17.1 Å². The molecule has 0 aromatic heterocycles. The van der Waals surface area contributed by atoms with Gasteiger partial charge < -0.3 is 19.9 Å². The Morgan fingerprint density at radius 1 is 1.00 bits per heavy atom. The lowest BCUT2D eigenvalue weighted by Crippen LogP contribution is -2.41. The van der Waals surface area contributed by atoms with E-state index in [4.69, 9.17) is 26.8 Å². The highest BCUT2D eigenvalue weighted by Gasteiger charge is 2.43. The smallest absolute Gasteiger partial charge is 0.355 e. The molecular weight excluding hydrogens is 481 g/mol. The number of hydrogen-bond donors (Lipinski definition) is 1. The number of esters is 3. The van der Waals surface area contributed by atoms with Crippen molar-refractivity contribution >= 4 is 35.2 Å². The van der Waals surface area contributed by atoms with E-state index in [1.807, 2.05) is 6.07 Å². The first-order valence-electron chi connectivity index (χ1n) is 9.95. The Morgan fingerprint density at radius 3 is 2.14 bits per heavy atom. The molecule has 1 unspecified atom stereocenters. The van der Waals surface area contributed by atoms with Gasteiger partial charge in [0, 0.05) is 0 Å². The summed E-state index contributed by atoms with van der Waals surface area (Å²) in [4.78, 5) is 39.2. The number of nitrogens with zero attached hydrogens (tertiary/aromatic N) is 2. The number of rotatable bonds is 5. The first-order chi connectivity index (χ1) is 16.7. The predicted octanol–water partition coefficient (Wildman–Crippen LogP) is 3.16. The molecule has 3 rings (SSSR count). The lowest BCUT2D eigenvalue weighted by Gasteiger charge is -2.36. The van der Waals surface area contributed by atoms with Crippen molar-refractivity contribution in [2.45, 2.75) is 5.92 Å². The number of halogens is 2. The van der Waals surface area contributed by atoms with Crippen LogP contribution in [-0.4, -0.2) is 39.2 Å². The molecule has 1 heterocycles. The first kappa shape index (κ1) is 25.3. The van der Waals surface area contributed by atoms with Gasteiger partial charge in [-0.2, -0.15) is 5.26 Å². The van der Waals surface area contributed by atoms with E-state index in [0.717, 1.165) is 38.4 Å². The molecule has 0 bridgehead atoms. The van der Waals surface area contributed by atoms with Gasteiger partial charge in [0.1, 0.15) is 22.9 Å². The van der Waals surface area contributed by atoms with Crippen molar-refractivity contribution in [1.82, 2.24) is 0 Å². The van der Waals surface area contributed by atoms with Crippen molar-refractivity contribution < 1.29 is 33.0 Å². The number of anilines is 1. The maximum absolute atomic E-state index is 14.5. The van der Waals surface area contributed by atoms with Gasteiger partial charge in [-0.3, -0.25) is 4.90 Å². The zero-order valence-electron chi connectivity index (χ0n) is 18.8. The maximum Gasteiger partial charge on any atom is 0.355 e. The summed E-state index contributed by atoms with van der Waals surface area (Å²) in [6.45, 7) is 0. The Morgan fingerprint density at radius 2 is 1.60 bits per heavy atom. The van der Waals surface area contributed by atoms with Crippen molar-refractivity contribution in [3.05, 3.63) is 87.1 Å². The molecule has 0 aliphatic carbocycles. The van der Waals surface area contributed by atoms with Crippen LogP contribution in [-0.2, 0) is 23.8 Å². The lowest BCUT2D eigenvalue weighted by molar-refractivity contribution is -0.139. The average molecular weight is 500 g/mol. The van der Waals surface area contributed by atoms with Crippen molar-refractivity contribution in [3.8, 4) is 6.07 Å². The van der Waals surface area contributed by atoms with Gasteiger partial charge in [-0.05, 0) is 17.7 Å². The molecule has 0 spiro atoms. The molecule has 11 heteroatoms.